The Hall–Kier alpha value is -0.490. The van der Waals surface area contributed by atoms with Crippen LogP contribution in [0.2, 0.25) is 0 Å². The van der Waals surface area contributed by atoms with E-state index in [1.165, 1.54) is 0 Å². The first-order chi connectivity index (χ1) is 8.88. The van der Waals surface area contributed by atoms with Crippen LogP contribution in [0.25, 0.3) is 0 Å². The van der Waals surface area contributed by atoms with E-state index >= 15 is 0 Å². The van der Waals surface area contributed by atoms with Crippen molar-refractivity contribution in [3.05, 3.63) is 0 Å². The highest BCUT2D eigenvalue weighted by atomic mass is 35.5. The van der Waals surface area contributed by atoms with Gasteiger partial charge in [0.05, 0.1) is 5.92 Å². The summed E-state index contributed by atoms with van der Waals surface area (Å²) in [5.74, 6) is -1.82. The Morgan fingerprint density at radius 2 is 2.00 bits per heavy atom. The lowest BCUT2D eigenvalue weighted by Gasteiger charge is -2.37. The summed E-state index contributed by atoms with van der Waals surface area (Å²) < 4.78 is 38.2. The van der Waals surface area contributed by atoms with E-state index in [1.54, 1.807) is 4.90 Å². The van der Waals surface area contributed by atoms with Crippen molar-refractivity contribution in [3.8, 4) is 0 Å². The van der Waals surface area contributed by atoms with Gasteiger partial charge in [-0.05, 0) is 26.2 Å². The largest absolute Gasteiger partial charge is 0.391 e. The molecule has 20 heavy (non-hydrogen) atoms. The van der Waals surface area contributed by atoms with Gasteiger partial charge in [0, 0.05) is 31.6 Å². The highest BCUT2D eigenvalue weighted by Crippen LogP contribution is 2.40. The van der Waals surface area contributed by atoms with Crippen LogP contribution in [0, 0.1) is 11.8 Å². The number of hydrogen-bond donors (Lipinski definition) is 1. The fourth-order valence-corrected chi connectivity index (χ4v) is 3.10. The van der Waals surface area contributed by atoms with Gasteiger partial charge in [-0.2, -0.15) is 13.2 Å². The quantitative estimate of drug-likeness (QED) is 0.807. The first-order valence-corrected chi connectivity index (χ1v) is 6.97. The van der Waals surface area contributed by atoms with Gasteiger partial charge in [-0.25, -0.2) is 0 Å². The third-order valence-corrected chi connectivity index (χ3v) is 4.17. The van der Waals surface area contributed by atoms with Crippen LogP contribution in [0.1, 0.15) is 32.6 Å². The fraction of sp³-hybridized carbons (Fsp3) is 0.923. The summed E-state index contributed by atoms with van der Waals surface area (Å²) in [4.78, 5) is 14.0. The van der Waals surface area contributed by atoms with E-state index in [0.29, 0.717) is 25.9 Å². The molecule has 3 unspecified atom stereocenters. The van der Waals surface area contributed by atoms with Crippen molar-refractivity contribution in [2.24, 2.45) is 11.8 Å². The number of carbonyl (C=O) groups is 1. The fourth-order valence-electron chi connectivity index (χ4n) is 3.10. The van der Waals surface area contributed by atoms with Crippen LogP contribution in [0.5, 0.6) is 0 Å². The third kappa shape index (κ3) is 4.25. The zero-order valence-corrected chi connectivity index (χ0v) is 12.4. The maximum absolute atomic E-state index is 12.7. The molecular weight excluding hydrogens is 293 g/mol. The lowest BCUT2D eigenvalue weighted by molar-refractivity contribution is -0.187. The van der Waals surface area contributed by atoms with E-state index in [2.05, 4.69) is 5.32 Å². The van der Waals surface area contributed by atoms with E-state index in [4.69, 9.17) is 0 Å². The van der Waals surface area contributed by atoms with Crippen LogP contribution in [0.15, 0.2) is 0 Å². The molecule has 1 saturated carbocycles. The molecule has 0 radical (unpaired) electrons. The molecule has 0 aromatic heterocycles. The number of nitrogens with zero attached hydrogens (tertiary/aromatic N) is 1. The topological polar surface area (TPSA) is 32.3 Å². The second-order valence-corrected chi connectivity index (χ2v) is 5.74. The molecule has 0 spiro atoms. The second kappa shape index (κ2) is 6.98. The molecule has 3 nitrogen and oxygen atoms in total. The Bertz CT molecular complexity index is 338. The average Bonchev–Trinajstić information content (AvgIpc) is 2.37. The highest BCUT2D eigenvalue weighted by molar-refractivity contribution is 5.85. The number of hydrogen-bond acceptors (Lipinski definition) is 2. The van der Waals surface area contributed by atoms with Gasteiger partial charge in [0.2, 0.25) is 5.91 Å². The first kappa shape index (κ1) is 17.6. The lowest BCUT2D eigenvalue weighted by atomic mass is 9.80. The molecule has 1 heterocycles. The van der Waals surface area contributed by atoms with Crippen molar-refractivity contribution < 1.29 is 18.0 Å². The molecule has 1 N–H and O–H groups in total. The Kier molecular flexibility index (Phi) is 6.13. The van der Waals surface area contributed by atoms with Crippen LogP contribution in [-0.4, -0.2) is 42.7 Å². The molecule has 1 aliphatic carbocycles. The van der Waals surface area contributed by atoms with E-state index in [9.17, 15) is 18.0 Å². The summed E-state index contributed by atoms with van der Waals surface area (Å²) in [6.45, 7) is 3.92. The minimum absolute atomic E-state index is 0. The molecule has 7 heteroatoms. The maximum Gasteiger partial charge on any atom is 0.391 e. The van der Waals surface area contributed by atoms with E-state index in [-0.39, 0.29) is 37.2 Å². The smallest absolute Gasteiger partial charge is 0.340 e. The van der Waals surface area contributed by atoms with Gasteiger partial charge < -0.3 is 10.2 Å². The molecule has 1 aliphatic heterocycles. The number of amides is 1. The summed E-state index contributed by atoms with van der Waals surface area (Å²) in [6.07, 6.45) is -2.91. The first-order valence-electron chi connectivity index (χ1n) is 6.97. The predicted octanol–water partition coefficient (Wildman–Crippen LogP) is 2.60. The molecule has 1 saturated heterocycles. The van der Waals surface area contributed by atoms with Crippen molar-refractivity contribution in [2.45, 2.75) is 44.8 Å². The SMILES string of the molecule is CC1CN(C(=O)C2CCCC(C(F)(F)F)C2)CCN1.Cl. The number of nitrogens with one attached hydrogen (secondary N) is 1. The van der Waals surface area contributed by atoms with Crippen LogP contribution in [-0.2, 0) is 4.79 Å². The molecule has 2 aliphatic rings. The molecule has 0 aromatic carbocycles. The van der Waals surface area contributed by atoms with Crippen LogP contribution >= 0.6 is 12.4 Å². The molecule has 1 amide bonds. The molecule has 0 bridgehead atoms. The van der Waals surface area contributed by atoms with E-state index in [1.807, 2.05) is 6.92 Å². The van der Waals surface area contributed by atoms with Crippen LogP contribution in [0.4, 0.5) is 13.2 Å². The van der Waals surface area contributed by atoms with Gasteiger partial charge in [-0.15, -0.1) is 12.4 Å². The summed E-state index contributed by atoms with van der Waals surface area (Å²) in [6, 6.07) is 0.222. The van der Waals surface area contributed by atoms with Gasteiger partial charge in [-0.3, -0.25) is 4.79 Å². The van der Waals surface area contributed by atoms with Gasteiger partial charge in [-0.1, -0.05) is 6.42 Å². The second-order valence-electron chi connectivity index (χ2n) is 5.74. The zero-order valence-electron chi connectivity index (χ0n) is 11.6. The number of alkyl halides is 3. The van der Waals surface area contributed by atoms with Gasteiger partial charge in [0.25, 0.3) is 0 Å². The predicted molar refractivity (Wildman–Crippen MR) is 72.8 cm³/mol. The summed E-state index contributed by atoms with van der Waals surface area (Å²) in [5, 5.41) is 3.23. The van der Waals surface area contributed by atoms with E-state index in [0.717, 1.165) is 6.54 Å². The molecule has 3 atom stereocenters. The third-order valence-electron chi connectivity index (χ3n) is 4.17. The Morgan fingerprint density at radius 3 is 2.60 bits per heavy atom. The minimum atomic E-state index is -4.16. The van der Waals surface area contributed by atoms with Crippen molar-refractivity contribution in [1.82, 2.24) is 10.2 Å². The van der Waals surface area contributed by atoms with Crippen molar-refractivity contribution in [2.75, 3.05) is 19.6 Å². The summed E-state index contributed by atoms with van der Waals surface area (Å²) in [5.41, 5.74) is 0. The van der Waals surface area contributed by atoms with Crippen molar-refractivity contribution >= 4 is 18.3 Å². The molecule has 2 rings (SSSR count). The number of rotatable bonds is 1. The van der Waals surface area contributed by atoms with Gasteiger partial charge in [0.1, 0.15) is 0 Å². The molecular formula is C13H22ClF3N2O. The van der Waals surface area contributed by atoms with Gasteiger partial charge in [0.15, 0.2) is 0 Å². The van der Waals surface area contributed by atoms with Gasteiger partial charge >= 0.3 is 6.18 Å². The maximum atomic E-state index is 12.7. The van der Waals surface area contributed by atoms with Crippen LogP contribution < -0.4 is 5.32 Å². The summed E-state index contributed by atoms with van der Waals surface area (Å²) >= 11 is 0. The monoisotopic (exact) mass is 314 g/mol. The standard InChI is InChI=1S/C13H21F3N2O.ClH/c1-9-8-18(6-5-17-9)12(19)10-3-2-4-11(7-10)13(14,15)16;/h9-11,17H,2-8H2,1H3;1H. The highest BCUT2D eigenvalue weighted by Gasteiger charge is 2.44. The molecule has 2 fully saturated rings. The Balaban J connectivity index is 0.00000200. The average molecular weight is 315 g/mol. The molecule has 118 valence electrons. The number of halogens is 4. The zero-order chi connectivity index (χ0) is 14.0. The van der Waals surface area contributed by atoms with E-state index < -0.39 is 18.0 Å². The minimum Gasteiger partial charge on any atom is -0.340 e. The van der Waals surface area contributed by atoms with Crippen molar-refractivity contribution in [3.63, 3.8) is 0 Å². The number of carbonyl (C=O) groups excluding carboxylic acids is 1. The van der Waals surface area contributed by atoms with Crippen molar-refractivity contribution in [1.29, 1.82) is 0 Å². The Morgan fingerprint density at radius 1 is 1.30 bits per heavy atom. The number of piperazine rings is 1. The summed E-state index contributed by atoms with van der Waals surface area (Å²) in [7, 11) is 0. The lowest BCUT2D eigenvalue weighted by Crippen LogP contribution is -2.53. The Labute approximate surface area is 123 Å². The van der Waals surface area contributed by atoms with Crippen LogP contribution in [0.3, 0.4) is 0 Å². The normalized spacial score (nSPS) is 31.6. The molecule has 0 aromatic rings.